The van der Waals surface area contributed by atoms with E-state index < -0.39 is 0 Å². The standard InChI is InChI=1S/C44H33BN2/c45-36-26-34(39-11-3-1-9-37(39)30-17-19-41-32(23-30)15-13-28-7-5-21-46-43(28)41)25-35(27-36)40-12-4-2-10-38(40)31-18-20-42-33(24-31)16-14-29-8-6-22-47-44(29)42/h1-12,17-27H,13-16,45H2. The zero-order chi connectivity index (χ0) is 31.3. The average molecular weight is 601 g/mol. The molecule has 47 heavy (non-hydrogen) atoms. The number of hydrogen-bond donors (Lipinski definition) is 0. The molecule has 2 aromatic heterocycles. The van der Waals surface area contributed by atoms with Crippen LogP contribution in [0.5, 0.6) is 0 Å². The van der Waals surface area contributed by atoms with Crippen molar-refractivity contribution >= 4 is 13.3 Å². The number of pyridine rings is 2. The van der Waals surface area contributed by atoms with E-state index in [4.69, 9.17) is 9.97 Å². The van der Waals surface area contributed by atoms with Crippen LogP contribution < -0.4 is 5.46 Å². The first-order valence-corrected chi connectivity index (χ1v) is 16.7. The molecule has 3 heteroatoms. The largest absolute Gasteiger partial charge is 0.256 e. The smallest absolute Gasteiger partial charge is 0.139 e. The van der Waals surface area contributed by atoms with Gasteiger partial charge in [-0.2, -0.15) is 0 Å². The fraction of sp³-hybridized carbons (Fsp3) is 0.0909. The molecule has 0 amide bonds. The van der Waals surface area contributed by atoms with Crippen LogP contribution in [0.15, 0.2) is 140 Å². The molecule has 0 unspecified atom stereocenters. The molecular weight excluding hydrogens is 567 g/mol. The molecule has 0 radical (unpaired) electrons. The van der Waals surface area contributed by atoms with E-state index >= 15 is 0 Å². The predicted molar refractivity (Wildman–Crippen MR) is 198 cm³/mol. The number of aromatic nitrogens is 2. The summed E-state index contributed by atoms with van der Waals surface area (Å²) < 4.78 is 0. The molecule has 0 N–H and O–H groups in total. The molecule has 222 valence electrons. The minimum Gasteiger partial charge on any atom is -0.256 e. The Morgan fingerprint density at radius 2 is 0.787 bits per heavy atom. The summed E-state index contributed by atoms with van der Waals surface area (Å²) in [4.78, 5) is 9.47. The van der Waals surface area contributed by atoms with Gasteiger partial charge >= 0.3 is 0 Å². The van der Waals surface area contributed by atoms with Crippen molar-refractivity contribution in [3.05, 3.63) is 162 Å². The third kappa shape index (κ3) is 4.91. The summed E-state index contributed by atoms with van der Waals surface area (Å²) in [7, 11) is 2.21. The van der Waals surface area contributed by atoms with Gasteiger partial charge in [-0.1, -0.05) is 115 Å². The van der Waals surface area contributed by atoms with Crippen LogP contribution in [0, 0.1) is 0 Å². The van der Waals surface area contributed by atoms with E-state index in [2.05, 4.69) is 123 Å². The van der Waals surface area contributed by atoms with E-state index in [-0.39, 0.29) is 0 Å². The highest BCUT2D eigenvalue weighted by Gasteiger charge is 2.20. The summed E-state index contributed by atoms with van der Waals surface area (Å²) in [5.74, 6) is 0. The van der Waals surface area contributed by atoms with Gasteiger partial charge in [-0.3, -0.25) is 9.97 Å². The van der Waals surface area contributed by atoms with Gasteiger partial charge in [0.05, 0.1) is 11.4 Å². The molecule has 0 aliphatic heterocycles. The van der Waals surface area contributed by atoms with Crippen molar-refractivity contribution < 1.29 is 0 Å². The number of benzene rings is 5. The number of fused-ring (bicyclic) bond motifs is 6. The first kappa shape index (κ1) is 27.7. The predicted octanol–water partition coefficient (Wildman–Crippen LogP) is 8.93. The quantitative estimate of drug-likeness (QED) is 0.189. The minimum absolute atomic E-state index is 1.04. The SMILES string of the molecule is Bc1cc(-c2ccccc2-c2ccc3c(c2)CCc2cccnc2-3)cc(-c2ccccc2-c2ccc3c(c2)CCc2cccnc2-3)c1. The van der Waals surface area contributed by atoms with Gasteiger partial charge in [-0.15, -0.1) is 0 Å². The molecule has 0 atom stereocenters. The lowest BCUT2D eigenvalue weighted by molar-refractivity contribution is 0.928. The molecule has 7 aromatic rings. The third-order valence-corrected chi connectivity index (χ3v) is 10.0. The third-order valence-electron chi connectivity index (χ3n) is 10.0. The normalized spacial score (nSPS) is 12.9. The Hall–Kier alpha value is -5.54. The molecule has 0 saturated carbocycles. The Morgan fingerprint density at radius 3 is 1.26 bits per heavy atom. The number of rotatable bonds is 4. The fourth-order valence-electron chi connectivity index (χ4n) is 7.77. The summed E-state index contributed by atoms with van der Waals surface area (Å²) in [5, 5.41) is 0. The van der Waals surface area contributed by atoms with Gasteiger partial charge < -0.3 is 0 Å². The van der Waals surface area contributed by atoms with Crippen LogP contribution in [0.3, 0.4) is 0 Å². The van der Waals surface area contributed by atoms with Crippen molar-refractivity contribution in [2.45, 2.75) is 25.7 Å². The lowest BCUT2D eigenvalue weighted by Gasteiger charge is -2.21. The van der Waals surface area contributed by atoms with E-state index in [0.717, 1.165) is 37.1 Å². The van der Waals surface area contributed by atoms with Crippen LogP contribution in [0.4, 0.5) is 0 Å². The van der Waals surface area contributed by atoms with Gasteiger partial charge in [0.25, 0.3) is 0 Å². The minimum atomic E-state index is 1.04. The van der Waals surface area contributed by atoms with Gasteiger partial charge in [0.2, 0.25) is 0 Å². The van der Waals surface area contributed by atoms with Crippen molar-refractivity contribution in [1.82, 2.24) is 9.97 Å². The van der Waals surface area contributed by atoms with Crippen LogP contribution in [0.2, 0.25) is 0 Å². The van der Waals surface area contributed by atoms with Crippen molar-refractivity contribution in [2.75, 3.05) is 0 Å². The van der Waals surface area contributed by atoms with Crippen LogP contribution in [-0.2, 0) is 25.7 Å². The molecule has 0 fully saturated rings. The van der Waals surface area contributed by atoms with Gasteiger partial charge in [0.1, 0.15) is 7.85 Å². The first-order valence-electron chi connectivity index (χ1n) is 16.7. The Kier molecular flexibility index (Phi) is 6.71. The van der Waals surface area contributed by atoms with Crippen molar-refractivity contribution in [3.63, 3.8) is 0 Å². The van der Waals surface area contributed by atoms with Crippen molar-refractivity contribution in [2.24, 2.45) is 0 Å². The summed E-state index contributed by atoms with van der Waals surface area (Å²) in [6.07, 6.45) is 7.98. The lowest BCUT2D eigenvalue weighted by atomic mass is 9.83. The summed E-state index contributed by atoms with van der Waals surface area (Å²) in [6, 6.07) is 47.1. The zero-order valence-corrected chi connectivity index (χ0v) is 26.5. The Balaban J connectivity index is 1.12. The van der Waals surface area contributed by atoms with E-state index in [1.807, 2.05) is 24.5 Å². The Morgan fingerprint density at radius 1 is 0.362 bits per heavy atom. The molecule has 0 spiro atoms. The Bertz CT molecular complexity index is 2180. The second kappa shape index (κ2) is 11.4. The van der Waals surface area contributed by atoms with Gasteiger partial charge in [0.15, 0.2) is 0 Å². The summed E-state index contributed by atoms with van der Waals surface area (Å²) in [6.45, 7) is 0. The highest BCUT2D eigenvalue weighted by molar-refractivity contribution is 6.33. The molecular formula is C44H33BN2. The summed E-state index contributed by atoms with van der Waals surface area (Å²) >= 11 is 0. The van der Waals surface area contributed by atoms with Gasteiger partial charge in [-0.05, 0) is 111 Å². The average Bonchev–Trinajstić information content (AvgIpc) is 3.14. The van der Waals surface area contributed by atoms with Gasteiger partial charge in [-0.25, -0.2) is 0 Å². The Labute approximate surface area is 277 Å². The number of nitrogens with zero attached hydrogens (tertiary/aromatic N) is 2. The maximum absolute atomic E-state index is 4.73. The van der Waals surface area contributed by atoms with Crippen LogP contribution >= 0.6 is 0 Å². The lowest BCUT2D eigenvalue weighted by Crippen LogP contribution is -2.06. The zero-order valence-electron chi connectivity index (χ0n) is 26.5. The van der Waals surface area contributed by atoms with E-state index in [1.165, 1.54) is 83.4 Å². The molecule has 5 aromatic carbocycles. The maximum atomic E-state index is 4.73. The molecule has 0 saturated heterocycles. The molecule has 2 nitrogen and oxygen atoms in total. The van der Waals surface area contributed by atoms with E-state index in [0.29, 0.717) is 0 Å². The second-order valence-corrected chi connectivity index (χ2v) is 12.9. The monoisotopic (exact) mass is 600 g/mol. The molecule has 2 aliphatic carbocycles. The molecule has 2 aliphatic rings. The summed E-state index contributed by atoms with van der Waals surface area (Å²) in [5.41, 5.74) is 21.5. The van der Waals surface area contributed by atoms with Crippen molar-refractivity contribution in [1.29, 1.82) is 0 Å². The highest BCUT2D eigenvalue weighted by Crippen LogP contribution is 2.41. The van der Waals surface area contributed by atoms with E-state index in [9.17, 15) is 0 Å². The highest BCUT2D eigenvalue weighted by atomic mass is 14.7. The van der Waals surface area contributed by atoms with Crippen LogP contribution in [0.25, 0.3) is 67.0 Å². The maximum Gasteiger partial charge on any atom is 0.139 e. The van der Waals surface area contributed by atoms with Crippen molar-refractivity contribution in [3.8, 4) is 67.0 Å². The van der Waals surface area contributed by atoms with E-state index in [1.54, 1.807) is 0 Å². The van der Waals surface area contributed by atoms with Crippen LogP contribution in [-0.4, -0.2) is 17.8 Å². The number of aryl methyl sites for hydroxylation is 4. The van der Waals surface area contributed by atoms with Gasteiger partial charge in [0, 0.05) is 23.5 Å². The number of hydrogen-bond acceptors (Lipinski definition) is 2. The fourth-order valence-corrected chi connectivity index (χ4v) is 7.77. The molecule has 2 heterocycles. The first-order chi connectivity index (χ1) is 23.2. The second-order valence-electron chi connectivity index (χ2n) is 12.9. The molecule has 9 rings (SSSR count). The molecule has 0 bridgehead atoms. The van der Waals surface area contributed by atoms with Crippen LogP contribution in [0.1, 0.15) is 22.3 Å². The topological polar surface area (TPSA) is 25.8 Å².